The van der Waals surface area contributed by atoms with E-state index in [4.69, 9.17) is 5.73 Å². The SMILES string of the molecule is Cc1cc(CC2C3CC4CC(C3)CC2C4)cnc1N. The molecule has 0 aromatic carbocycles. The van der Waals surface area contributed by atoms with Gasteiger partial charge < -0.3 is 5.73 Å². The molecule has 19 heavy (non-hydrogen) atoms. The zero-order chi connectivity index (χ0) is 13.0. The smallest absolute Gasteiger partial charge is 0.126 e. The van der Waals surface area contributed by atoms with Crippen LogP contribution >= 0.6 is 0 Å². The minimum Gasteiger partial charge on any atom is -0.383 e. The summed E-state index contributed by atoms with van der Waals surface area (Å²) in [6.07, 6.45) is 10.8. The zero-order valence-electron chi connectivity index (χ0n) is 11.8. The van der Waals surface area contributed by atoms with Crippen LogP contribution in [0.5, 0.6) is 0 Å². The van der Waals surface area contributed by atoms with Crippen molar-refractivity contribution >= 4 is 5.82 Å². The molecule has 0 spiro atoms. The van der Waals surface area contributed by atoms with Crippen molar-refractivity contribution in [2.75, 3.05) is 5.73 Å². The number of nitrogens with zero attached hydrogens (tertiary/aromatic N) is 1. The van der Waals surface area contributed by atoms with E-state index < -0.39 is 0 Å². The standard InChI is InChI=1S/C17H24N2/c1-10-2-13(9-19-17(10)18)8-16-14-4-11-3-12(6-14)7-15(16)5-11/h2,9,11-12,14-16H,3-8H2,1H3,(H2,18,19). The Morgan fingerprint density at radius 2 is 1.74 bits per heavy atom. The van der Waals surface area contributed by atoms with Crippen molar-refractivity contribution in [2.24, 2.45) is 29.6 Å². The molecule has 102 valence electrons. The van der Waals surface area contributed by atoms with Crippen LogP contribution in [0.2, 0.25) is 0 Å². The van der Waals surface area contributed by atoms with Gasteiger partial charge in [-0.2, -0.15) is 0 Å². The van der Waals surface area contributed by atoms with Gasteiger partial charge in [0, 0.05) is 6.20 Å². The van der Waals surface area contributed by atoms with E-state index in [0.29, 0.717) is 5.82 Å². The van der Waals surface area contributed by atoms with Crippen molar-refractivity contribution in [3.05, 3.63) is 23.4 Å². The lowest BCUT2D eigenvalue weighted by molar-refractivity contribution is -0.0360. The molecule has 1 aromatic rings. The molecule has 0 aliphatic heterocycles. The molecule has 2 heteroatoms. The minimum absolute atomic E-state index is 0.689. The molecule has 4 aliphatic rings. The normalized spacial score (nSPS) is 39.7. The molecular weight excluding hydrogens is 232 g/mol. The third-order valence-electron chi connectivity index (χ3n) is 6.07. The molecule has 1 heterocycles. The molecule has 4 fully saturated rings. The van der Waals surface area contributed by atoms with E-state index in [9.17, 15) is 0 Å². The monoisotopic (exact) mass is 256 g/mol. The molecule has 4 aliphatic carbocycles. The van der Waals surface area contributed by atoms with Gasteiger partial charge in [-0.15, -0.1) is 0 Å². The number of aromatic nitrogens is 1. The highest BCUT2D eigenvalue weighted by Crippen LogP contribution is 2.57. The lowest BCUT2D eigenvalue weighted by Crippen LogP contribution is -2.45. The summed E-state index contributed by atoms with van der Waals surface area (Å²) < 4.78 is 0. The Morgan fingerprint density at radius 1 is 1.11 bits per heavy atom. The van der Waals surface area contributed by atoms with E-state index in [2.05, 4.69) is 18.0 Å². The van der Waals surface area contributed by atoms with Crippen molar-refractivity contribution in [2.45, 2.75) is 45.4 Å². The van der Waals surface area contributed by atoms with Gasteiger partial charge in [0.05, 0.1) is 0 Å². The Kier molecular flexibility index (Phi) is 2.61. The topological polar surface area (TPSA) is 38.9 Å². The Balaban J connectivity index is 1.55. The maximum Gasteiger partial charge on any atom is 0.126 e. The highest BCUT2D eigenvalue weighted by Gasteiger charge is 2.47. The molecule has 2 nitrogen and oxygen atoms in total. The van der Waals surface area contributed by atoms with E-state index >= 15 is 0 Å². The summed E-state index contributed by atoms with van der Waals surface area (Å²) >= 11 is 0. The molecule has 0 saturated heterocycles. The van der Waals surface area contributed by atoms with Crippen LogP contribution in [0.1, 0.15) is 43.2 Å². The second-order valence-electron chi connectivity index (χ2n) is 7.34. The third-order valence-corrected chi connectivity index (χ3v) is 6.07. The van der Waals surface area contributed by atoms with Gasteiger partial charge in [-0.1, -0.05) is 6.07 Å². The van der Waals surface area contributed by atoms with Gasteiger partial charge in [-0.25, -0.2) is 4.98 Å². The number of anilines is 1. The summed E-state index contributed by atoms with van der Waals surface area (Å²) in [5.74, 6) is 5.78. The number of pyridine rings is 1. The van der Waals surface area contributed by atoms with E-state index in [1.165, 1.54) is 37.7 Å². The van der Waals surface area contributed by atoms with Gasteiger partial charge in [0.2, 0.25) is 0 Å². The molecule has 5 rings (SSSR count). The molecule has 1 aromatic heterocycles. The van der Waals surface area contributed by atoms with E-state index in [0.717, 1.165) is 35.2 Å². The summed E-state index contributed by atoms with van der Waals surface area (Å²) in [4.78, 5) is 4.34. The van der Waals surface area contributed by atoms with Gasteiger partial charge >= 0.3 is 0 Å². The summed E-state index contributed by atoms with van der Waals surface area (Å²) in [5, 5.41) is 0. The van der Waals surface area contributed by atoms with Gasteiger partial charge in [-0.05, 0) is 86.2 Å². The van der Waals surface area contributed by atoms with Crippen LogP contribution in [-0.4, -0.2) is 4.98 Å². The average Bonchev–Trinajstić information content (AvgIpc) is 2.37. The number of hydrogen-bond donors (Lipinski definition) is 1. The summed E-state index contributed by atoms with van der Waals surface area (Å²) in [7, 11) is 0. The Labute approximate surface area is 115 Å². The molecule has 0 radical (unpaired) electrons. The molecule has 0 amide bonds. The number of hydrogen-bond acceptors (Lipinski definition) is 2. The van der Waals surface area contributed by atoms with Crippen molar-refractivity contribution in [3.8, 4) is 0 Å². The second kappa shape index (κ2) is 4.22. The average molecular weight is 256 g/mol. The number of nitrogen functional groups attached to an aromatic ring is 1. The molecule has 2 N–H and O–H groups in total. The lowest BCUT2D eigenvalue weighted by Gasteiger charge is -2.54. The quantitative estimate of drug-likeness (QED) is 0.878. The first-order valence-corrected chi connectivity index (χ1v) is 7.90. The molecule has 4 bridgehead atoms. The number of rotatable bonds is 2. The van der Waals surface area contributed by atoms with Gasteiger partial charge in [0.25, 0.3) is 0 Å². The first-order chi connectivity index (χ1) is 9.19. The molecule has 0 atom stereocenters. The second-order valence-corrected chi connectivity index (χ2v) is 7.34. The van der Waals surface area contributed by atoms with Crippen LogP contribution in [0.3, 0.4) is 0 Å². The summed E-state index contributed by atoms with van der Waals surface area (Å²) in [6.45, 7) is 2.07. The van der Waals surface area contributed by atoms with E-state index in [1.807, 2.05) is 6.20 Å². The zero-order valence-corrected chi connectivity index (χ0v) is 11.8. The van der Waals surface area contributed by atoms with Crippen LogP contribution in [0, 0.1) is 36.5 Å². The fourth-order valence-electron chi connectivity index (χ4n) is 5.40. The third kappa shape index (κ3) is 1.96. The maximum atomic E-state index is 5.83. The van der Waals surface area contributed by atoms with E-state index in [-0.39, 0.29) is 0 Å². The van der Waals surface area contributed by atoms with Gasteiger partial charge in [0.15, 0.2) is 0 Å². The first-order valence-electron chi connectivity index (χ1n) is 7.90. The minimum atomic E-state index is 0.689. The van der Waals surface area contributed by atoms with Gasteiger partial charge in [0.1, 0.15) is 5.82 Å². The fourth-order valence-corrected chi connectivity index (χ4v) is 5.40. The summed E-state index contributed by atoms with van der Waals surface area (Å²) in [5.41, 5.74) is 8.37. The Hall–Kier alpha value is -1.05. The maximum absolute atomic E-state index is 5.83. The number of nitrogens with two attached hydrogens (primary N) is 1. The fraction of sp³-hybridized carbons (Fsp3) is 0.706. The van der Waals surface area contributed by atoms with Gasteiger partial charge in [-0.3, -0.25) is 0 Å². The van der Waals surface area contributed by atoms with Crippen LogP contribution in [-0.2, 0) is 6.42 Å². The van der Waals surface area contributed by atoms with E-state index in [1.54, 1.807) is 6.42 Å². The van der Waals surface area contributed by atoms with Crippen molar-refractivity contribution in [1.82, 2.24) is 4.98 Å². The van der Waals surface area contributed by atoms with Crippen LogP contribution in [0.25, 0.3) is 0 Å². The van der Waals surface area contributed by atoms with Crippen molar-refractivity contribution < 1.29 is 0 Å². The molecule has 4 saturated carbocycles. The van der Waals surface area contributed by atoms with Crippen LogP contribution < -0.4 is 5.73 Å². The highest BCUT2D eigenvalue weighted by atomic mass is 14.8. The van der Waals surface area contributed by atoms with Crippen LogP contribution in [0.15, 0.2) is 12.3 Å². The van der Waals surface area contributed by atoms with Crippen LogP contribution in [0.4, 0.5) is 5.82 Å². The van der Waals surface area contributed by atoms with Crippen molar-refractivity contribution in [3.63, 3.8) is 0 Å². The lowest BCUT2D eigenvalue weighted by atomic mass is 9.51. The first kappa shape index (κ1) is 11.7. The van der Waals surface area contributed by atoms with Crippen molar-refractivity contribution in [1.29, 1.82) is 0 Å². The molecule has 0 unspecified atom stereocenters. The number of aryl methyl sites for hydroxylation is 1. The highest BCUT2D eigenvalue weighted by molar-refractivity contribution is 5.39. The predicted octanol–water partition coefficient (Wildman–Crippen LogP) is 3.59. The Bertz CT molecular complexity index is 466. The Morgan fingerprint density at radius 3 is 2.32 bits per heavy atom. The summed E-state index contributed by atoms with van der Waals surface area (Å²) in [6, 6.07) is 2.26. The predicted molar refractivity (Wildman–Crippen MR) is 77.6 cm³/mol. The molecular formula is C17H24N2. The largest absolute Gasteiger partial charge is 0.383 e.